The summed E-state index contributed by atoms with van der Waals surface area (Å²) in [5, 5.41) is 0. The van der Waals surface area contributed by atoms with Gasteiger partial charge in [0.2, 0.25) is 11.8 Å². The molecule has 0 bridgehead atoms. The summed E-state index contributed by atoms with van der Waals surface area (Å²) in [6.45, 7) is 6.17. The van der Waals surface area contributed by atoms with E-state index in [2.05, 4.69) is 32.9 Å². The van der Waals surface area contributed by atoms with E-state index in [1.165, 1.54) is 10.5 Å². The maximum Gasteiger partial charge on any atom is 0.230 e. The van der Waals surface area contributed by atoms with Crippen LogP contribution in [0.1, 0.15) is 46.7 Å². The molecular formula is C20H21NO2. The predicted molar refractivity (Wildman–Crippen MR) is 90.0 cm³/mol. The molecule has 1 aliphatic heterocycles. The Morgan fingerprint density at radius 1 is 0.870 bits per heavy atom. The van der Waals surface area contributed by atoms with Crippen LogP contribution >= 0.6 is 0 Å². The standard InChI is InChI=1S/C20H21NO2/c1-13-11-14(2)19(15(3)12-13)20(16-7-5-4-6-8-16)21-17(22)9-10-18(21)23/h4-8,11-12,20H,9-10H2,1-3H3. The highest BCUT2D eigenvalue weighted by Gasteiger charge is 2.37. The average Bonchev–Trinajstić information content (AvgIpc) is 2.83. The van der Waals surface area contributed by atoms with E-state index in [9.17, 15) is 9.59 Å². The molecule has 1 saturated heterocycles. The first-order valence-electron chi connectivity index (χ1n) is 7.96. The minimum absolute atomic E-state index is 0.0803. The molecule has 1 heterocycles. The largest absolute Gasteiger partial charge is 0.274 e. The van der Waals surface area contributed by atoms with E-state index in [4.69, 9.17) is 0 Å². The molecule has 0 aromatic heterocycles. The van der Waals surface area contributed by atoms with Gasteiger partial charge in [-0.25, -0.2) is 0 Å². The van der Waals surface area contributed by atoms with Gasteiger partial charge in [0, 0.05) is 12.8 Å². The first kappa shape index (κ1) is 15.5. The summed E-state index contributed by atoms with van der Waals surface area (Å²) in [5.41, 5.74) is 5.46. The Balaban J connectivity index is 2.21. The van der Waals surface area contributed by atoms with Crippen molar-refractivity contribution in [3.05, 3.63) is 70.3 Å². The number of amides is 2. The molecule has 3 rings (SSSR count). The number of likely N-dealkylation sites (tertiary alicyclic amines) is 1. The number of carbonyl (C=O) groups excluding carboxylic acids is 2. The molecule has 3 heteroatoms. The summed E-state index contributed by atoms with van der Waals surface area (Å²) in [7, 11) is 0. The second-order valence-corrected chi connectivity index (χ2v) is 6.28. The Bertz CT molecular complexity index is 725. The van der Waals surface area contributed by atoms with Gasteiger partial charge in [-0.15, -0.1) is 0 Å². The van der Waals surface area contributed by atoms with Gasteiger partial charge in [-0.2, -0.15) is 0 Å². The van der Waals surface area contributed by atoms with Crippen molar-refractivity contribution < 1.29 is 9.59 Å². The van der Waals surface area contributed by atoms with Crippen LogP contribution in [0.5, 0.6) is 0 Å². The normalized spacial score (nSPS) is 16.0. The van der Waals surface area contributed by atoms with Gasteiger partial charge < -0.3 is 0 Å². The van der Waals surface area contributed by atoms with Gasteiger partial charge in [-0.1, -0.05) is 48.0 Å². The Labute approximate surface area is 136 Å². The molecule has 1 fully saturated rings. The number of imide groups is 1. The maximum atomic E-state index is 12.4. The number of nitrogens with zero attached hydrogens (tertiary/aromatic N) is 1. The minimum Gasteiger partial charge on any atom is -0.274 e. The fourth-order valence-electron chi connectivity index (χ4n) is 3.58. The van der Waals surface area contributed by atoms with Crippen molar-refractivity contribution in [2.45, 2.75) is 39.7 Å². The van der Waals surface area contributed by atoms with E-state index >= 15 is 0 Å². The predicted octanol–water partition coefficient (Wildman–Crippen LogP) is 3.85. The Kier molecular flexibility index (Phi) is 4.03. The Morgan fingerprint density at radius 3 is 1.91 bits per heavy atom. The van der Waals surface area contributed by atoms with Crippen molar-refractivity contribution >= 4 is 11.8 Å². The Hall–Kier alpha value is -2.42. The average molecular weight is 307 g/mol. The van der Waals surface area contributed by atoms with E-state index in [0.717, 1.165) is 22.3 Å². The van der Waals surface area contributed by atoms with Crippen LogP contribution in [0.25, 0.3) is 0 Å². The van der Waals surface area contributed by atoms with Crippen LogP contribution in [0, 0.1) is 20.8 Å². The number of aryl methyl sites for hydroxylation is 3. The summed E-state index contributed by atoms with van der Waals surface area (Å²) < 4.78 is 0. The number of hydrogen-bond donors (Lipinski definition) is 0. The lowest BCUT2D eigenvalue weighted by atomic mass is 9.89. The van der Waals surface area contributed by atoms with Crippen molar-refractivity contribution in [3.8, 4) is 0 Å². The van der Waals surface area contributed by atoms with Gasteiger partial charge in [0.1, 0.15) is 0 Å². The first-order valence-corrected chi connectivity index (χ1v) is 7.96. The zero-order valence-corrected chi connectivity index (χ0v) is 13.8. The molecule has 1 atom stereocenters. The molecule has 0 N–H and O–H groups in total. The van der Waals surface area contributed by atoms with Gasteiger partial charge in [0.05, 0.1) is 6.04 Å². The molecule has 3 nitrogen and oxygen atoms in total. The molecule has 2 amide bonds. The molecule has 2 aromatic rings. The number of rotatable bonds is 3. The van der Waals surface area contributed by atoms with Crippen LogP contribution in [0.3, 0.4) is 0 Å². The zero-order chi connectivity index (χ0) is 16.6. The van der Waals surface area contributed by atoms with Crippen LogP contribution < -0.4 is 0 Å². The van der Waals surface area contributed by atoms with Crippen LogP contribution in [0.4, 0.5) is 0 Å². The first-order chi connectivity index (χ1) is 11.0. The number of carbonyl (C=O) groups is 2. The molecule has 23 heavy (non-hydrogen) atoms. The third-order valence-electron chi connectivity index (χ3n) is 4.48. The van der Waals surface area contributed by atoms with Crippen LogP contribution in [0.2, 0.25) is 0 Å². The minimum atomic E-state index is -0.334. The number of hydrogen-bond acceptors (Lipinski definition) is 2. The number of benzene rings is 2. The quantitative estimate of drug-likeness (QED) is 0.808. The topological polar surface area (TPSA) is 37.4 Å². The summed E-state index contributed by atoms with van der Waals surface area (Å²) in [5.74, 6) is -0.161. The fourth-order valence-corrected chi connectivity index (χ4v) is 3.58. The maximum absolute atomic E-state index is 12.4. The third-order valence-corrected chi connectivity index (χ3v) is 4.48. The van der Waals surface area contributed by atoms with E-state index < -0.39 is 0 Å². The fraction of sp³-hybridized carbons (Fsp3) is 0.300. The summed E-state index contributed by atoms with van der Waals surface area (Å²) in [6.07, 6.45) is 0.623. The van der Waals surface area contributed by atoms with Gasteiger partial charge in [0.25, 0.3) is 0 Å². The van der Waals surface area contributed by atoms with E-state index in [1.807, 2.05) is 30.3 Å². The van der Waals surface area contributed by atoms with Crippen molar-refractivity contribution in [1.82, 2.24) is 4.90 Å². The van der Waals surface area contributed by atoms with Crippen molar-refractivity contribution in [3.63, 3.8) is 0 Å². The SMILES string of the molecule is Cc1cc(C)c(C(c2ccccc2)N2C(=O)CCC2=O)c(C)c1. The van der Waals surface area contributed by atoms with Gasteiger partial charge >= 0.3 is 0 Å². The summed E-state index contributed by atoms with van der Waals surface area (Å²) >= 11 is 0. The van der Waals surface area contributed by atoms with E-state index in [-0.39, 0.29) is 17.9 Å². The summed E-state index contributed by atoms with van der Waals surface area (Å²) in [4.78, 5) is 26.2. The van der Waals surface area contributed by atoms with Crippen LogP contribution in [0.15, 0.2) is 42.5 Å². The van der Waals surface area contributed by atoms with Crippen molar-refractivity contribution in [2.24, 2.45) is 0 Å². The van der Waals surface area contributed by atoms with E-state index in [1.54, 1.807) is 0 Å². The highest BCUT2D eigenvalue weighted by Crippen LogP contribution is 2.36. The molecule has 2 aromatic carbocycles. The molecule has 0 spiro atoms. The third kappa shape index (κ3) is 2.79. The molecule has 0 radical (unpaired) electrons. The lowest BCUT2D eigenvalue weighted by molar-refractivity contribution is -0.140. The molecule has 0 aliphatic carbocycles. The monoisotopic (exact) mass is 307 g/mol. The molecule has 0 saturated carbocycles. The van der Waals surface area contributed by atoms with Crippen molar-refractivity contribution in [2.75, 3.05) is 0 Å². The smallest absolute Gasteiger partial charge is 0.230 e. The van der Waals surface area contributed by atoms with Gasteiger partial charge in [-0.3, -0.25) is 14.5 Å². The zero-order valence-electron chi connectivity index (χ0n) is 13.8. The molecular weight excluding hydrogens is 286 g/mol. The second kappa shape index (κ2) is 5.99. The van der Waals surface area contributed by atoms with Crippen molar-refractivity contribution in [1.29, 1.82) is 0 Å². The second-order valence-electron chi connectivity index (χ2n) is 6.28. The highest BCUT2D eigenvalue weighted by molar-refractivity contribution is 6.02. The highest BCUT2D eigenvalue weighted by atomic mass is 16.2. The van der Waals surface area contributed by atoms with Gasteiger partial charge in [-0.05, 0) is 43.0 Å². The van der Waals surface area contributed by atoms with Gasteiger partial charge in [0.15, 0.2) is 0 Å². The lowest BCUT2D eigenvalue weighted by Gasteiger charge is -2.30. The van der Waals surface area contributed by atoms with Crippen LogP contribution in [-0.2, 0) is 9.59 Å². The van der Waals surface area contributed by atoms with E-state index in [0.29, 0.717) is 12.8 Å². The molecule has 1 aliphatic rings. The lowest BCUT2D eigenvalue weighted by Crippen LogP contribution is -2.35. The molecule has 118 valence electrons. The Morgan fingerprint density at radius 2 is 1.39 bits per heavy atom. The molecule has 1 unspecified atom stereocenters. The summed E-state index contributed by atoms with van der Waals surface area (Å²) in [6, 6.07) is 13.7. The van der Waals surface area contributed by atoms with Crippen LogP contribution in [-0.4, -0.2) is 16.7 Å².